The first-order valence-corrected chi connectivity index (χ1v) is 3.79. The summed E-state index contributed by atoms with van der Waals surface area (Å²) >= 11 is 0. The van der Waals surface area contributed by atoms with Gasteiger partial charge in [0.15, 0.2) is 5.54 Å². The molecule has 1 atom stereocenters. The summed E-state index contributed by atoms with van der Waals surface area (Å²) in [6.45, 7) is -0.0817. The van der Waals surface area contributed by atoms with Crippen molar-refractivity contribution in [2.45, 2.75) is 11.7 Å². The Balaban J connectivity index is 2.87. The molecule has 1 rings (SSSR count). The summed E-state index contributed by atoms with van der Waals surface area (Å²) in [6.07, 6.45) is -1.67. The molecule has 0 saturated heterocycles. The summed E-state index contributed by atoms with van der Waals surface area (Å²) in [5, 5.41) is 11.0. The molecule has 3 nitrogen and oxygen atoms in total. The molecule has 1 aliphatic rings. The number of nitriles is 1. The van der Waals surface area contributed by atoms with Crippen molar-refractivity contribution in [3.63, 3.8) is 0 Å². The summed E-state index contributed by atoms with van der Waals surface area (Å²) in [4.78, 5) is 0. The number of nitrogens with one attached hydrogen (secondary N) is 1. The molecule has 0 aliphatic carbocycles. The average molecular weight is 203 g/mol. The van der Waals surface area contributed by atoms with Crippen LogP contribution in [0.5, 0.6) is 0 Å². The van der Waals surface area contributed by atoms with Crippen LogP contribution in [0, 0.1) is 11.3 Å². The van der Waals surface area contributed by atoms with Crippen LogP contribution >= 0.6 is 0 Å². The molecular formula is C8H8F3N3. The van der Waals surface area contributed by atoms with E-state index in [4.69, 9.17) is 11.0 Å². The lowest BCUT2D eigenvalue weighted by Gasteiger charge is -2.25. The largest absolute Gasteiger partial charge is 0.417 e. The predicted octanol–water partition coefficient (Wildman–Crippen LogP) is 0.813. The van der Waals surface area contributed by atoms with E-state index >= 15 is 0 Å². The van der Waals surface area contributed by atoms with E-state index in [-0.39, 0.29) is 6.54 Å². The van der Waals surface area contributed by atoms with Gasteiger partial charge in [-0.25, -0.2) is 0 Å². The lowest BCUT2D eigenvalue weighted by molar-refractivity contribution is -0.0889. The van der Waals surface area contributed by atoms with E-state index in [0.29, 0.717) is 0 Å². The van der Waals surface area contributed by atoms with Crippen LogP contribution in [-0.2, 0) is 0 Å². The van der Waals surface area contributed by atoms with Gasteiger partial charge in [-0.1, -0.05) is 0 Å². The van der Waals surface area contributed by atoms with Gasteiger partial charge in [-0.2, -0.15) is 18.4 Å². The average Bonchev–Trinajstić information content (AvgIpc) is 2.16. The van der Waals surface area contributed by atoms with Crippen LogP contribution in [0.25, 0.3) is 0 Å². The molecule has 0 saturated carbocycles. The Morgan fingerprint density at radius 1 is 1.57 bits per heavy atom. The minimum atomic E-state index is -4.40. The van der Waals surface area contributed by atoms with Crippen LogP contribution in [0.2, 0.25) is 0 Å². The normalized spacial score (nSPS) is 26.4. The maximum absolute atomic E-state index is 12.1. The Kier molecular flexibility index (Phi) is 2.53. The summed E-state index contributed by atoms with van der Waals surface area (Å²) < 4.78 is 36.4. The number of dihydropyridines is 1. The SMILES string of the molecule is N#CC1(CN)C=CC(C(F)(F)F)=CN1. The zero-order valence-electron chi connectivity index (χ0n) is 7.10. The van der Waals surface area contributed by atoms with Crippen LogP contribution in [0.3, 0.4) is 0 Å². The van der Waals surface area contributed by atoms with Crippen LogP contribution in [0.4, 0.5) is 13.2 Å². The van der Waals surface area contributed by atoms with Crippen molar-refractivity contribution in [2.75, 3.05) is 6.54 Å². The van der Waals surface area contributed by atoms with Crippen molar-refractivity contribution in [3.8, 4) is 6.07 Å². The van der Waals surface area contributed by atoms with E-state index < -0.39 is 17.3 Å². The minimum Gasteiger partial charge on any atom is -0.369 e. The quantitative estimate of drug-likeness (QED) is 0.663. The molecule has 0 fully saturated rings. The van der Waals surface area contributed by atoms with Gasteiger partial charge in [-0.3, -0.25) is 0 Å². The van der Waals surface area contributed by atoms with E-state index in [2.05, 4.69) is 5.32 Å². The molecule has 0 aromatic rings. The Morgan fingerprint density at radius 2 is 2.21 bits per heavy atom. The Morgan fingerprint density at radius 3 is 2.50 bits per heavy atom. The highest BCUT2D eigenvalue weighted by atomic mass is 19.4. The van der Waals surface area contributed by atoms with Gasteiger partial charge < -0.3 is 11.1 Å². The summed E-state index contributed by atoms with van der Waals surface area (Å²) in [5.41, 5.74) is 3.22. The van der Waals surface area contributed by atoms with Gasteiger partial charge in [-0.05, 0) is 12.2 Å². The predicted molar refractivity (Wildman–Crippen MR) is 43.8 cm³/mol. The zero-order valence-corrected chi connectivity index (χ0v) is 7.10. The van der Waals surface area contributed by atoms with E-state index in [0.717, 1.165) is 18.4 Å². The molecule has 0 aromatic heterocycles. The fourth-order valence-electron chi connectivity index (χ4n) is 0.953. The Labute approximate surface area is 78.7 Å². The second kappa shape index (κ2) is 3.35. The van der Waals surface area contributed by atoms with Crippen molar-refractivity contribution >= 4 is 0 Å². The number of hydrogen-bond donors (Lipinski definition) is 2. The monoisotopic (exact) mass is 203 g/mol. The van der Waals surface area contributed by atoms with E-state index in [1.54, 1.807) is 6.07 Å². The van der Waals surface area contributed by atoms with Gasteiger partial charge in [0.05, 0.1) is 11.6 Å². The molecule has 0 radical (unpaired) electrons. The van der Waals surface area contributed by atoms with Crippen molar-refractivity contribution in [1.82, 2.24) is 5.32 Å². The van der Waals surface area contributed by atoms with Gasteiger partial charge in [0.1, 0.15) is 0 Å². The summed E-state index contributed by atoms with van der Waals surface area (Å²) in [5.74, 6) is 0. The smallest absolute Gasteiger partial charge is 0.369 e. The van der Waals surface area contributed by atoms with Gasteiger partial charge >= 0.3 is 6.18 Å². The first-order chi connectivity index (χ1) is 6.43. The molecule has 14 heavy (non-hydrogen) atoms. The van der Waals surface area contributed by atoms with Gasteiger partial charge in [-0.15, -0.1) is 0 Å². The number of nitrogens with zero attached hydrogens (tertiary/aromatic N) is 1. The third-order valence-electron chi connectivity index (χ3n) is 1.88. The fraction of sp³-hybridized carbons (Fsp3) is 0.375. The molecule has 0 amide bonds. The van der Waals surface area contributed by atoms with Crippen molar-refractivity contribution in [2.24, 2.45) is 5.73 Å². The number of alkyl halides is 3. The molecule has 0 spiro atoms. The molecule has 1 heterocycles. The molecular weight excluding hydrogens is 195 g/mol. The topological polar surface area (TPSA) is 61.8 Å². The van der Waals surface area contributed by atoms with Crippen molar-refractivity contribution in [1.29, 1.82) is 5.26 Å². The lowest BCUT2D eigenvalue weighted by Crippen LogP contribution is -2.47. The Hall–Kier alpha value is -1.48. The molecule has 0 bridgehead atoms. The lowest BCUT2D eigenvalue weighted by atomic mass is 9.97. The third kappa shape index (κ3) is 1.88. The molecule has 0 aromatic carbocycles. The van der Waals surface area contributed by atoms with E-state index in [9.17, 15) is 13.2 Å². The van der Waals surface area contributed by atoms with Crippen molar-refractivity contribution in [3.05, 3.63) is 23.9 Å². The molecule has 3 N–H and O–H groups in total. The molecule has 1 aliphatic heterocycles. The molecule has 1 unspecified atom stereocenters. The standard InChI is InChI=1S/C8H8F3N3/c9-8(10,11)6-1-2-7(4-12,5-13)14-3-6/h1-3,14H,4,12H2. The summed E-state index contributed by atoms with van der Waals surface area (Å²) in [6, 6.07) is 1.80. The highest BCUT2D eigenvalue weighted by Gasteiger charge is 2.36. The number of allylic oxidation sites excluding steroid dienone is 2. The van der Waals surface area contributed by atoms with Gasteiger partial charge in [0.2, 0.25) is 0 Å². The fourth-order valence-corrected chi connectivity index (χ4v) is 0.953. The highest BCUT2D eigenvalue weighted by molar-refractivity contribution is 5.36. The first kappa shape index (κ1) is 10.6. The van der Waals surface area contributed by atoms with Gasteiger partial charge in [0, 0.05) is 12.7 Å². The number of rotatable bonds is 1. The van der Waals surface area contributed by atoms with Crippen LogP contribution in [0.1, 0.15) is 0 Å². The van der Waals surface area contributed by atoms with E-state index in [1.165, 1.54) is 0 Å². The zero-order chi connectivity index (χ0) is 10.8. The van der Waals surface area contributed by atoms with E-state index in [1.807, 2.05) is 0 Å². The second-order valence-electron chi connectivity index (χ2n) is 2.86. The summed E-state index contributed by atoms with van der Waals surface area (Å²) in [7, 11) is 0. The highest BCUT2D eigenvalue weighted by Crippen LogP contribution is 2.28. The van der Waals surface area contributed by atoms with Crippen molar-refractivity contribution < 1.29 is 13.2 Å². The maximum atomic E-state index is 12.1. The third-order valence-corrected chi connectivity index (χ3v) is 1.88. The first-order valence-electron chi connectivity index (χ1n) is 3.79. The minimum absolute atomic E-state index is 0.0817. The number of hydrogen-bond acceptors (Lipinski definition) is 3. The molecule has 6 heteroatoms. The van der Waals surface area contributed by atoms with Crippen LogP contribution < -0.4 is 11.1 Å². The number of halogens is 3. The Bertz CT molecular complexity index is 324. The van der Waals surface area contributed by atoms with Crippen LogP contribution in [0.15, 0.2) is 23.9 Å². The van der Waals surface area contributed by atoms with Gasteiger partial charge in [0.25, 0.3) is 0 Å². The van der Waals surface area contributed by atoms with Crippen LogP contribution in [-0.4, -0.2) is 18.3 Å². The number of nitrogens with two attached hydrogens (primary N) is 1. The maximum Gasteiger partial charge on any atom is 0.417 e. The molecule has 76 valence electrons. The second-order valence-corrected chi connectivity index (χ2v) is 2.86.